The van der Waals surface area contributed by atoms with E-state index in [-0.39, 0.29) is 11.8 Å². The fourth-order valence-corrected chi connectivity index (χ4v) is 4.10. The third kappa shape index (κ3) is 7.24. The number of piperidine rings is 1. The maximum Gasteiger partial charge on any atom is 0.238 e. The highest BCUT2D eigenvalue weighted by Gasteiger charge is 2.15. The standard InChI is InChI=1S/C22H34N4O2/c27-21(9-8-18-10-12-23-13-11-18)24-19-6-5-7-20(16-19)25-22(28)17-26-14-3-1-2-4-15-26/h5-7,16,18,23H,1-4,8-15,17H2,(H,24,27)(H,25,28). The number of nitrogens with one attached hydrogen (secondary N) is 3. The van der Waals surface area contributed by atoms with Gasteiger partial charge in [0.15, 0.2) is 0 Å². The second-order valence-electron chi connectivity index (χ2n) is 8.10. The first-order valence-electron chi connectivity index (χ1n) is 10.8. The van der Waals surface area contributed by atoms with Gasteiger partial charge in [0.2, 0.25) is 11.8 Å². The van der Waals surface area contributed by atoms with Crippen molar-refractivity contribution in [2.45, 2.75) is 51.4 Å². The summed E-state index contributed by atoms with van der Waals surface area (Å²) >= 11 is 0. The Kier molecular flexibility index (Phi) is 8.30. The zero-order chi connectivity index (χ0) is 19.6. The fraction of sp³-hybridized carbons (Fsp3) is 0.636. The SMILES string of the molecule is O=C(CCC1CCNCC1)Nc1cccc(NC(=O)CN2CCCCCC2)c1. The van der Waals surface area contributed by atoms with E-state index in [1.54, 1.807) is 0 Å². The molecular weight excluding hydrogens is 352 g/mol. The number of nitrogens with zero attached hydrogens (tertiary/aromatic N) is 1. The number of carbonyl (C=O) groups is 2. The maximum absolute atomic E-state index is 12.4. The first-order valence-corrected chi connectivity index (χ1v) is 10.8. The number of rotatable bonds is 7. The van der Waals surface area contributed by atoms with Crippen LogP contribution < -0.4 is 16.0 Å². The Labute approximate surface area is 168 Å². The average molecular weight is 387 g/mol. The van der Waals surface area contributed by atoms with E-state index in [0.29, 0.717) is 18.9 Å². The molecule has 6 heteroatoms. The van der Waals surface area contributed by atoms with Crippen LogP contribution in [0.1, 0.15) is 51.4 Å². The Morgan fingerprint density at radius 1 is 0.964 bits per heavy atom. The zero-order valence-electron chi connectivity index (χ0n) is 16.8. The highest BCUT2D eigenvalue weighted by molar-refractivity contribution is 5.94. The molecule has 3 rings (SSSR count). The van der Waals surface area contributed by atoms with Crippen LogP contribution in [0.3, 0.4) is 0 Å². The normalized spacial score (nSPS) is 19.0. The monoisotopic (exact) mass is 386 g/mol. The molecule has 0 atom stereocenters. The lowest BCUT2D eigenvalue weighted by atomic mass is 9.93. The topological polar surface area (TPSA) is 73.5 Å². The Balaban J connectivity index is 1.43. The summed E-state index contributed by atoms with van der Waals surface area (Å²) < 4.78 is 0. The molecule has 2 heterocycles. The average Bonchev–Trinajstić information content (AvgIpc) is 2.96. The molecule has 1 aromatic rings. The van der Waals surface area contributed by atoms with E-state index in [1.165, 1.54) is 25.7 Å². The van der Waals surface area contributed by atoms with Crippen LogP contribution in [0.25, 0.3) is 0 Å². The summed E-state index contributed by atoms with van der Waals surface area (Å²) in [4.78, 5) is 26.9. The van der Waals surface area contributed by atoms with Crippen LogP contribution in [0.15, 0.2) is 24.3 Å². The molecule has 1 aromatic carbocycles. The van der Waals surface area contributed by atoms with Gasteiger partial charge >= 0.3 is 0 Å². The van der Waals surface area contributed by atoms with Gasteiger partial charge < -0.3 is 16.0 Å². The van der Waals surface area contributed by atoms with E-state index in [9.17, 15) is 9.59 Å². The minimum atomic E-state index is 0.0104. The van der Waals surface area contributed by atoms with Gasteiger partial charge in [-0.1, -0.05) is 18.9 Å². The van der Waals surface area contributed by atoms with Gasteiger partial charge in [-0.2, -0.15) is 0 Å². The van der Waals surface area contributed by atoms with E-state index < -0.39 is 0 Å². The molecule has 0 saturated carbocycles. The third-order valence-corrected chi connectivity index (χ3v) is 5.73. The van der Waals surface area contributed by atoms with Crippen molar-refractivity contribution < 1.29 is 9.59 Å². The minimum Gasteiger partial charge on any atom is -0.326 e. The quantitative estimate of drug-likeness (QED) is 0.673. The molecule has 3 N–H and O–H groups in total. The molecule has 2 fully saturated rings. The molecule has 2 aliphatic heterocycles. The molecule has 2 aliphatic rings. The Morgan fingerprint density at radius 2 is 1.61 bits per heavy atom. The van der Waals surface area contributed by atoms with Crippen LogP contribution in [0.5, 0.6) is 0 Å². The van der Waals surface area contributed by atoms with Crippen molar-refractivity contribution in [3.63, 3.8) is 0 Å². The number of anilines is 2. The van der Waals surface area contributed by atoms with E-state index in [1.807, 2.05) is 24.3 Å². The minimum absolute atomic E-state index is 0.0104. The van der Waals surface area contributed by atoms with E-state index in [0.717, 1.165) is 56.8 Å². The summed E-state index contributed by atoms with van der Waals surface area (Å²) in [6.07, 6.45) is 8.68. The van der Waals surface area contributed by atoms with Crippen molar-refractivity contribution >= 4 is 23.2 Å². The van der Waals surface area contributed by atoms with Gasteiger partial charge in [-0.05, 0) is 82.4 Å². The molecule has 6 nitrogen and oxygen atoms in total. The zero-order valence-corrected chi connectivity index (χ0v) is 16.8. The van der Waals surface area contributed by atoms with Crippen molar-refractivity contribution in [1.82, 2.24) is 10.2 Å². The van der Waals surface area contributed by atoms with Gasteiger partial charge in [0.25, 0.3) is 0 Å². The molecule has 2 saturated heterocycles. The maximum atomic E-state index is 12.4. The van der Waals surface area contributed by atoms with Crippen molar-refractivity contribution in [2.24, 2.45) is 5.92 Å². The number of likely N-dealkylation sites (tertiary alicyclic amines) is 1. The predicted octanol–water partition coefficient (Wildman–Crippen LogP) is 3.22. The van der Waals surface area contributed by atoms with Crippen LogP contribution in [-0.2, 0) is 9.59 Å². The van der Waals surface area contributed by atoms with Crippen LogP contribution >= 0.6 is 0 Å². The first kappa shape index (κ1) is 20.8. The van der Waals surface area contributed by atoms with E-state index >= 15 is 0 Å². The first-order chi connectivity index (χ1) is 13.7. The number of carbonyl (C=O) groups excluding carboxylic acids is 2. The van der Waals surface area contributed by atoms with Crippen LogP contribution in [-0.4, -0.2) is 49.4 Å². The second-order valence-corrected chi connectivity index (χ2v) is 8.10. The molecule has 28 heavy (non-hydrogen) atoms. The number of benzene rings is 1. The Hall–Kier alpha value is -1.92. The van der Waals surface area contributed by atoms with E-state index in [4.69, 9.17) is 0 Å². The molecule has 0 unspecified atom stereocenters. The van der Waals surface area contributed by atoms with Crippen molar-refractivity contribution in [3.05, 3.63) is 24.3 Å². The predicted molar refractivity (Wildman–Crippen MR) is 113 cm³/mol. The van der Waals surface area contributed by atoms with Crippen LogP contribution in [0.4, 0.5) is 11.4 Å². The molecule has 0 bridgehead atoms. The Morgan fingerprint density at radius 3 is 2.29 bits per heavy atom. The van der Waals surface area contributed by atoms with E-state index in [2.05, 4.69) is 20.9 Å². The molecule has 0 radical (unpaired) electrons. The highest BCUT2D eigenvalue weighted by atomic mass is 16.2. The summed E-state index contributed by atoms with van der Waals surface area (Å²) in [5.74, 6) is 0.708. The molecule has 0 aliphatic carbocycles. The molecule has 154 valence electrons. The van der Waals surface area contributed by atoms with Crippen LogP contribution in [0, 0.1) is 5.92 Å². The van der Waals surface area contributed by atoms with Gasteiger partial charge in [-0.25, -0.2) is 0 Å². The summed E-state index contributed by atoms with van der Waals surface area (Å²) in [7, 11) is 0. The third-order valence-electron chi connectivity index (χ3n) is 5.73. The highest BCUT2D eigenvalue weighted by Crippen LogP contribution is 2.19. The molecular formula is C22H34N4O2. The van der Waals surface area contributed by atoms with Gasteiger partial charge in [0.1, 0.15) is 0 Å². The smallest absolute Gasteiger partial charge is 0.238 e. The van der Waals surface area contributed by atoms with Crippen LogP contribution in [0.2, 0.25) is 0 Å². The van der Waals surface area contributed by atoms with Gasteiger partial charge in [-0.3, -0.25) is 14.5 Å². The lowest BCUT2D eigenvalue weighted by Crippen LogP contribution is -2.33. The summed E-state index contributed by atoms with van der Waals surface area (Å²) in [6, 6.07) is 7.44. The lowest BCUT2D eigenvalue weighted by Gasteiger charge is -2.22. The lowest BCUT2D eigenvalue weighted by molar-refractivity contribution is -0.117. The number of hydrogen-bond donors (Lipinski definition) is 3. The molecule has 0 aromatic heterocycles. The van der Waals surface area contributed by atoms with Crippen molar-refractivity contribution in [2.75, 3.05) is 43.4 Å². The molecule has 0 spiro atoms. The van der Waals surface area contributed by atoms with Crippen molar-refractivity contribution in [3.8, 4) is 0 Å². The van der Waals surface area contributed by atoms with Gasteiger partial charge in [0.05, 0.1) is 6.54 Å². The Bertz CT molecular complexity index is 635. The number of hydrogen-bond acceptors (Lipinski definition) is 4. The van der Waals surface area contributed by atoms with Gasteiger partial charge in [-0.15, -0.1) is 0 Å². The summed E-state index contributed by atoms with van der Waals surface area (Å²) in [5, 5.41) is 9.29. The van der Waals surface area contributed by atoms with Crippen molar-refractivity contribution in [1.29, 1.82) is 0 Å². The summed E-state index contributed by atoms with van der Waals surface area (Å²) in [5.41, 5.74) is 1.47. The summed E-state index contributed by atoms with van der Waals surface area (Å²) in [6.45, 7) is 4.56. The second kappa shape index (κ2) is 11.2. The number of amides is 2. The fourth-order valence-electron chi connectivity index (χ4n) is 4.10. The van der Waals surface area contributed by atoms with Gasteiger partial charge in [0, 0.05) is 17.8 Å². The molecule has 2 amide bonds. The largest absolute Gasteiger partial charge is 0.326 e.